The van der Waals surface area contributed by atoms with Crippen LogP contribution in [0.1, 0.15) is 16.7 Å². The van der Waals surface area contributed by atoms with Crippen molar-refractivity contribution in [3.8, 4) is 5.75 Å². The molecule has 1 N–H and O–H groups in total. The number of amides is 1. The highest BCUT2D eigenvalue weighted by Crippen LogP contribution is 2.37. The van der Waals surface area contributed by atoms with Crippen molar-refractivity contribution in [2.24, 2.45) is 4.99 Å². The monoisotopic (exact) mass is 524 g/mol. The van der Waals surface area contributed by atoms with Gasteiger partial charge in [0.25, 0.3) is 0 Å². The van der Waals surface area contributed by atoms with Crippen LogP contribution in [0.3, 0.4) is 0 Å². The van der Waals surface area contributed by atoms with Gasteiger partial charge in [-0.1, -0.05) is 30.3 Å². The van der Waals surface area contributed by atoms with Crippen LogP contribution in [0.2, 0.25) is 0 Å². The first-order valence-corrected chi connectivity index (χ1v) is 12.4. The quantitative estimate of drug-likeness (QED) is 0.510. The number of amidine groups is 1. The number of halogens is 3. The largest absolute Gasteiger partial charge is 0.497 e. The van der Waals surface area contributed by atoms with Crippen LogP contribution in [0.15, 0.2) is 64.5 Å². The van der Waals surface area contributed by atoms with Crippen LogP contribution in [0.25, 0.3) is 0 Å². The standard InChI is InChI=1S/C24H27F3N4O4S/c1-30(16-17-6-8-18(9-7-17)23-28-12-13-29-23)22(32)5-4-14-31(2)36(33,34)21-11-10-19(35-3)15-20(21)24(25,26)27/h4-11,15H,12-14,16H2,1-3H3,(H,28,29)/b5-4+. The number of carbonyl (C=O) groups is 1. The van der Waals surface area contributed by atoms with Crippen molar-refractivity contribution in [1.82, 2.24) is 14.5 Å². The van der Waals surface area contributed by atoms with Gasteiger partial charge in [0.1, 0.15) is 11.6 Å². The summed E-state index contributed by atoms with van der Waals surface area (Å²) in [5, 5.41) is 3.19. The van der Waals surface area contributed by atoms with Gasteiger partial charge in [-0.15, -0.1) is 0 Å². The number of ether oxygens (including phenoxy) is 1. The fourth-order valence-electron chi connectivity index (χ4n) is 3.49. The van der Waals surface area contributed by atoms with E-state index in [1.165, 1.54) is 24.2 Å². The number of likely N-dealkylation sites (N-methyl/N-ethyl adjacent to an activating group) is 2. The van der Waals surface area contributed by atoms with Gasteiger partial charge in [0.15, 0.2) is 0 Å². The number of benzene rings is 2. The van der Waals surface area contributed by atoms with E-state index in [-0.39, 0.29) is 18.2 Å². The number of alkyl halides is 3. The Morgan fingerprint density at radius 2 is 1.86 bits per heavy atom. The van der Waals surface area contributed by atoms with Gasteiger partial charge in [0.05, 0.1) is 24.1 Å². The minimum atomic E-state index is -4.90. The molecular weight excluding hydrogens is 497 g/mol. The number of methoxy groups -OCH3 is 1. The summed E-state index contributed by atoms with van der Waals surface area (Å²) in [7, 11) is -0.565. The Hall–Kier alpha value is -3.38. The maximum Gasteiger partial charge on any atom is 0.417 e. The molecule has 0 saturated carbocycles. The number of carbonyl (C=O) groups excluding carboxylic acids is 1. The Labute approximate surface area is 208 Å². The summed E-state index contributed by atoms with van der Waals surface area (Å²) in [6.07, 6.45) is -2.41. The fourth-order valence-corrected chi connectivity index (χ4v) is 4.80. The number of nitrogens with one attached hydrogen (secondary N) is 1. The maximum absolute atomic E-state index is 13.5. The average Bonchev–Trinajstić information content (AvgIpc) is 3.38. The highest BCUT2D eigenvalue weighted by molar-refractivity contribution is 7.89. The lowest BCUT2D eigenvalue weighted by Crippen LogP contribution is -2.29. The number of hydrogen-bond donors (Lipinski definition) is 1. The molecule has 1 amide bonds. The minimum absolute atomic E-state index is 0.115. The molecular formula is C24H27F3N4O4S. The molecule has 194 valence electrons. The van der Waals surface area contributed by atoms with E-state index in [1.807, 2.05) is 24.3 Å². The molecule has 0 spiro atoms. The van der Waals surface area contributed by atoms with Gasteiger partial charge in [0.2, 0.25) is 15.9 Å². The minimum Gasteiger partial charge on any atom is -0.497 e. The summed E-state index contributed by atoms with van der Waals surface area (Å²) >= 11 is 0. The SMILES string of the molecule is COc1ccc(S(=O)(=O)N(C)C/C=C/C(=O)N(C)Cc2ccc(C3=NCCN3)cc2)c(C(F)(F)F)c1. The summed E-state index contributed by atoms with van der Waals surface area (Å²) in [5.74, 6) is 0.341. The van der Waals surface area contributed by atoms with Crippen LogP contribution in [-0.4, -0.2) is 70.2 Å². The van der Waals surface area contributed by atoms with Crippen molar-refractivity contribution in [3.63, 3.8) is 0 Å². The number of sulfonamides is 1. The topological polar surface area (TPSA) is 91.3 Å². The molecule has 0 radical (unpaired) electrons. The molecule has 2 aromatic carbocycles. The van der Waals surface area contributed by atoms with E-state index in [0.29, 0.717) is 12.6 Å². The lowest BCUT2D eigenvalue weighted by molar-refractivity contribution is -0.140. The molecule has 12 heteroatoms. The van der Waals surface area contributed by atoms with E-state index < -0.39 is 26.7 Å². The van der Waals surface area contributed by atoms with Crippen molar-refractivity contribution >= 4 is 21.8 Å². The molecule has 0 fully saturated rings. The lowest BCUT2D eigenvalue weighted by atomic mass is 10.1. The Kier molecular flexibility index (Phi) is 8.41. The molecule has 0 saturated heterocycles. The van der Waals surface area contributed by atoms with Gasteiger partial charge in [-0.3, -0.25) is 9.79 Å². The van der Waals surface area contributed by atoms with Crippen LogP contribution >= 0.6 is 0 Å². The molecule has 0 atom stereocenters. The third kappa shape index (κ3) is 6.43. The molecule has 36 heavy (non-hydrogen) atoms. The summed E-state index contributed by atoms with van der Waals surface area (Å²) < 4.78 is 71.6. The molecule has 2 aromatic rings. The van der Waals surface area contributed by atoms with Crippen molar-refractivity contribution < 1.29 is 31.1 Å². The van der Waals surface area contributed by atoms with Crippen molar-refractivity contribution in [2.75, 3.05) is 40.8 Å². The third-order valence-electron chi connectivity index (χ3n) is 5.50. The van der Waals surface area contributed by atoms with Gasteiger partial charge >= 0.3 is 6.18 Å². The zero-order chi connectivity index (χ0) is 26.5. The first kappa shape index (κ1) is 27.2. The average molecular weight is 525 g/mol. The van der Waals surface area contributed by atoms with Crippen LogP contribution in [0.4, 0.5) is 13.2 Å². The molecule has 0 unspecified atom stereocenters. The predicted molar refractivity (Wildman–Crippen MR) is 129 cm³/mol. The van der Waals surface area contributed by atoms with Crippen LogP contribution in [0, 0.1) is 0 Å². The van der Waals surface area contributed by atoms with E-state index >= 15 is 0 Å². The van der Waals surface area contributed by atoms with Gasteiger partial charge in [-0.2, -0.15) is 17.5 Å². The molecule has 1 aliphatic heterocycles. The zero-order valence-corrected chi connectivity index (χ0v) is 20.9. The smallest absolute Gasteiger partial charge is 0.417 e. The van der Waals surface area contributed by atoms with Gasteiger partial charge in [-0.25, -0.2) is 8.42 Å². The third-order valence-corrected chi connectivity index (χ3v) is 7.38. The molecule has 1 heterocycles. The Morgan fingerprint density at radius 3 is 2.44 bits per heavy atom. The van der Waals surface area contributed by atoms with E-state index in [0.717, 1.165) is 53.5 Å². The predicted octanol–water partition coefficient (Wildman–Crippen LogP) is 2.90. The molecule has 0 bridgehead atoms. The van der Waals surface area contributed by atoms with E-state index in [4.69, 9.17) is 4.74 Å². The zero-order valence-electron chi connectivity index (χ0n) is 20.0. The first-order valence-electron chi connectivity index (χ1n) is 10.9. The van der Waals surface area contributed by atoms with Gasteiger partial charge in [-0.05, 0) is 23.8 Å². The van der Waals surface area contributed by atoms with E-state index in [2.05, 4.69) is 10.3 Å². The number of nitrogens with zero attached hydrogens (tertiary/aromatic N) is 3. The van der Waals surface area contributed by atoms with Crippen molar-refractivity contribution in [3.05, 3.63) is 71.3 Å². The number of rotatable bonds is 9. The summed E-state index contributed by atoms with van der Waals surface area (Å²) in [4.78, 5) is 17.4. The normalized spacial score (nSPS) is 14.1. The second-order valence-corrected chi connectivity index (χ2v) is 10.1. The number of hydrogen-bond acceptors (Lipinski definition) is 6. The Bertz CT molecular complexity index is 1260. The second-order valence-electron chi connectivity index (χ2n) is 8.10. The Balaban J connectivity index is 1.63. The molecule has 8 nitrogen and oxygen atoms in total. The summed E-state index contributed by atoms with van der Waals surface area (Å²) in [5.41, 5.74) is 0.524. The van der Waals surface area contributed by atoms with Crippen LogP contribution < -0.4 is 10.1 Å². The van der Waals surface area contributed by atoms with Gasteiger partial charge < -0.3 is 15.0 Å². The molecule has 1 aliphatic rings. The van der Waals surface area contributed by atoms with Crippen LogP contribution in [0.5, 0.6) is 5.75 Å². The second kappa shape index (κ2) is 11.1. The Morgan fingerprint density at radius 1 is 1.17 bits per heavy atom. The molecule has 0 aliphatic carbocycles. The van der Waals surface area contributed by atoms with E-state index in [9.17, 15) is 26.4 Å². The summed E-state index contributed by atoms with van der Waals surface area (Å²) in [6, 6.07) is 10.2. The number of aliphatic imine (C=N–C) groups is 1. The van der Waals surface area contributed by atoms with Crippen molar-refractivity contribution in [2.45, 2.75) is 17.6 Å². The summed E-state index contributed by atoms with van der Waals surface area (Å²) in [6.45, 7) is 1.56. The van der Waals surface area contributed by atoms with Gasteiger partial charge in [0, 0.05) is 45.4 Å². The highest BCUT2D eigenvalue weighted by atomic mass is 32.2. The molecule has 0 aromatic heterocycles. The van der Waals surface area contributed by atoms with Crippen molar-refractivity contribution in [1.29, 1.82) is 0 Å². The van der Waals surface area contributed by atoms with E-state index in [1.54, 1.807) is 7.05 Å². The fraction of sp³-hybridized carbons (Fsp3) is 0.333. The maximum atomic E-state index is 13.5. The molecule has 3 rings (SSSR count). The van der Waals surface area contributed by atoms with Crippen LogP contribution in [-0.2, 0) is 27.5 Å². The lowest BCUT2D eigenvalue weighted by Gasteiger charge is -2.20. The first-order chi connectivity index (χ1) is 16.9. The highest BCUT2D eigenvalue weighted by Gasteiger charge is 2.38.